The highest BCUT2D eigenvalue weighted by Gasteiger charge is 2.40. The molecule has 3 rings (SSSR count). The van der Waals surface area contributed by atoms with Gasteiger partial charge in [-0.2, -0.15) is 0 Å². The average molecular weight is 352 g/mol. The third-order valence-corrected chi connectivity index (χ3v) is 6.50. The first-order valence-electron chi connectivity index (χ1n) is 10.2. The normalized spacial score (nSPS) is 27.5. The summed E-state index contributed by atoms with van der Waals surface area (Å²) >= 11 is 0. The largest absolute Gasteiger partial charge is 0.393 e. The minimum atomic E-state index is -0.136. The molecule has 3 saturated heterocycles. The molecule has 6 heteroatoms. The van der Waals surface area contributed by atoms with Gasteiger partial charge in [-0.25, -0.2) is 0 Å². The van der Waals surface area contributed by atoms with Gasteiger partial charge in [0.2, 0.25) is 0 Å². The van der Waals surface area contributed by atoms with Crippen LogP contribution in [0, 0.1) is 0 Å². The highest BCUT2D eigenvalue weighted by molar-refractivity contribution is 5.80. The Morgan fingerprint density at radius 3 is 2.28 bits per heavy atom. The minimum absolute atomic E-state index is 0.136. The molecule has 0 saturated carbocycles. The molecule has 0 aromatic heterocycles. The van der Waals surface area contributed by atoms with Crippen LogP contribution in [0.25, 0.3) is 0 Å². The van der Waals surface area contributed by atoms with E-state index in [2.05, 4.69) is 32.1 Å². The lowest BCUT2D eigenvalue weighted by atomic mass is 9.84. The maximum Gasteiger partial charge on any atom is 0.193 e. The van der Waals surface area contributed by atoms with Crippen LogP contribution < -0.4 is 5.32 Å². The molecule has 0 aromatic rings. The Morgan fingerprint density at radius 2 is 1.68 bits per heavy atom. The Labute approximate surface area is 153 Å². The number of nitrogens with one attached hydrogen (secondary N) is 1. The van der Waals surface area contributed by atoms with Gasteiger partial charge in [0, 0.05) is 32.2 Å². The van der Waals surface area contributed by atoms with Gasteiger partial charge < -0.3 is 20.2 Å². The Morgan fingerprint density at radius 1 is 1.04 bits per heavy atom. The first-order chi connectivity index (χ1) is 12.1. The molecule has 3 fully saturated rings. The van der Waals surface area contributed by atoms with E-state index in [1.807, 2.05) is 7.05 Å². The zero-order valence-electron chi connectivity index (χ0n) is 16.2. The second kappa shape index (κ2) is 8.69. The highest BCUT2D eigenvalue weighted by Crippen LogP contribution is 2.31. The first kappa shape index (κ1) is 18.9. The fourth-order valence-corrected chi connectivity index (χ4v) is 4.66. The van der Waals surface area contributed by atoms with E-state index in [1.165, 1.54) is 58.3 Å². The smallest absolute Gasteiger partial charge is 0.193 e. The second-order valence-corrected chi connectivity index (χ2v) is 8.19. The monoisotopic (exact) mass is 351 g/mol. The zero-order chi connectivity index (χ0) is 17.7. The number of hydrogen-bond donors (Lipinski definition) is 2. The van der Waals surface area contributed by atoms with Crippen LogP contribution in [0.3, 0.4) is 0 Å². The molecule has 0 atom stereocenters. The highest BCUT2D eigenvalue weighted by atomic mass is 16.3. The van der Waals surface area contributed by atoms with E-state index in [9.17, 15) is 5.11 Å². The standard InChI is InChI=1S/C19H37N5O/c1-20-18(23-12-6-17(25)7-13-23)21-16-19(8-14-22(2)15-9-19)24-10-4-3-5-11-24/h17,25H,3-16H2,1-2H3,(H,20,21). The quantitative estimate of drug-likeness (QED) is 0.586. The maximum atomic E-state index is 9.75. The van der Waals surface area contributed by atoms with Crippen LogP contribution in [0.1, 0.15) is 44.9 Å². The molecule has 0 aromatic carbocycles. The summed E-state index contributed by atoms with van der Waals surface area (Å²) in [4.78, 5) is 12.1. The lowest BCUT2D eigenvalue weighted by Gasteiger charge is -2.50. The topological polar surface area (TPSA) is 54.3 Å². The summed E-state index contributed by atoms with van der Waals surface area (Å²) in [7, 11) is 4.13. The van der Waals surface area contributed by atoms with Crippen molar-refractivity contribution in [3.63, 3.8) is 0 Å². The number of nitrogens with zero attached hydrogens (tertiary/aromatic N) is 4. The van der Waals surface area contributed by atoms with Gasteiger partial charge in [0.1, 0.15) is 0 Å². The molecule has 6 nitrogen and oxygen atoms in total. The van der Waals surface area contributed by atoms with Crippen LogP contribution in [0.15, 0.2) is 4.99 Å². The Kier molecular flexibility index (Phi) is 6.58. The van der Waals surface area contributed by atoms with Gasteiger partial charge in [-0.3, -0.25) is 9.89 Å². The van der Waals surface area contributed by atoms with Crippen LogP contribution in [0.5, 0.6) is 0 Å². The summed E-state index contributed by atoms with van der Waals surface area (Å²) < 4.78 is 0. The van der Waals surface area contributed by atoms with E-state index in [4.69, 9.17) is 0 Å². The molecule has 0 radical (unpaired) electrons. The van der Waals surface area contributed by atoms with Crippen LogP contribution in [0.4, 0.5) is 0 Å². The molecule has 3 aliphatic heterocycles. The van der Waals surface area contributed by atoms with Gasteiger partial charge in [-0.15, -0.1) is 0 Å². The molecule has 0 bridgehead atoms. The average Bonchev–Trinajstić information content (AvgIpc) is 2.66. The predicted octanol–water partition coefficient (Wildman–Crippen LogP) is 0.969. The number of aliphatic imine (C=N–C) groups is 1. The van der Waals surface area contributed by atoms with Crippen LogP contribution >= 0.6 is 0 Å². The molecule has 0 aliphatic carbocycles. The predicted molar refractivity (Wildman–Crippen MR) is 103 cm³/mol. The molecule has 0 spiro atoms. The van der Waals surface area contributed by atoms with Gasteiger partial charge in [0.25, 0.3) is 0 Å². The number of rotatable bonds is 3. The number of hydrogen-bond acceptors (Lipinski definition) is 4. The molecular formula is C19H37N5O. The Balaban J connectivity index is 1.63. The van der Waals surface area contributed by atoms with Gasteiger partial charge in [-0.1, -0.05) is 6.42 Å². The summed E-state index contributed by atoms with van der Waals surface area (Å²) in [5, 5.41) is 13.5. The van der Waals surface area contributed by atoms with Crippen LogP contribution in [-0.4, -0.2) is 97.3 Å². The molecule has 25 heavy (non-hydrogen) atoms. The molecule has 0 unspecified atom stereocenters. The molecule has 3 aliphatic rings. The number of aliphatic hydroxyl groups is 1. The summed E-state index contributed by atoms with van der Waals surface area (Å²) in [6.45, 7) is 7.67. The fourth-order valence-electron chi connectivity index (χ4n) is 4.66. The Hall–Kier alpha value is -0.850. The zero-order valence-corrected chi connectivity index (χ0v) is 16.2. The lowest BCUT2D eigenvalue weighted by molar-refractivity contribution is 0.0166. The summed E-state index contributed by atoms with van der Waals surface area (Å²) in [6, 6.07) is 0. The fraction of sp³-hybridized carbons (Fsp3) is 0.947. The van der Waals surface area contributed by atoms with Crippen molar-refractivity contribution in [3.05, 3.63) is 0 Å². The Bertz CT molecular complexity index is 433. The van der Waals surface area contributed by atoms with E-state index < -0.39 is 0 Å². The van der Waals surface area contributed by atoms with Gasteiger partial charge in [0.15, 0.2) is 5.96 Å². The van der Waals surface area contributed by atoms with E-state index in [0.29, 0.717) is 0 Å². The summed E-state index contributed by atoms with van der Waals surface area (Å²) in [5.41, 5.74) is 0.276. The molecule has 3 heterocycles. The lowest BCUT2D eigenvalue weighted by Crippen LogP contribution is -2.62. The van der Waals surface area contributed by atoms with Crippen molar-refractivity contribution in [1.82, 2.24) is 20.0 Å². The van der Waals surface area contributed by atoms with Crippen molar-refractivity contribution in [3.8, 4) is 0 Å². The molecule has 144 valence electrons. The number of aliphatic hydroxyl groups excluding tert-OH is 1. The van der Waals surface area contributed by atoms with Crippen molar-refractivity contribution in [2.24, 2.45) is 4.99 Å². The second-order valence-electron chi connectivity index (χ2n) is 8.19. The maximum absolute atomic E-state index is 9.75. The van der Waals surface area contributed by atoms with Crippen molar-refractivity contribution in [2.45, 2.75) is 56.6 Å². The van der Waals surface area contributed by atoms with Gasteiger partial charge in [-0.05, 0) is 71.8 Å². The van der Waals surface area contributed by atoms with Crippen LogP contribution in [0.2, 0.25) is 0 Å². The van der Waals surface area contributed by atoms with E-state index in [0.717, 1.165) is 38.4 Å². The third kappa shape index (κ3) is 4.66. The molecule has 2 N–H and O–H groups in total. The van der Waals surface area contributed by atoms with E-state index >= 15 is 0 Å². The van der Waals surface area contributed by atoms with Crippen molar-refractivity contribution in [2.75, 3.05) is 59.9 Å². The number of guanidine groups is 1. The summed E-state index contributed by atoms with van der Waals surface area (Å²) in [6.07, 6.45) is 8.12. The first-order valence-corrected chi connectivity index (χ1v) is 10.2. The van der Waals surface area contributed by atoms with E-state index in [-0.39, 0.29) is 11.6 Å². The number of piperidine rings is 3. The van der Waals surface area contributed by atoms with Crippen molar-refractivity contribution < 1.29 is 5.11 Å². The SMILES string of the molecule is CN=C(NCC1(N2CCCCC2)CCN(C)CC1)N1CCC(O)CC1. The van der Waals surface area contributed by atoms with E-state index in [1.54, 1.807) is 0 Å². The van der Waals surface area contributed by atoms with Gasteiger partial charge in [0.05, 0.1) is 6.10 Å². The summed E-state index contributed by atoms with van der Waals surface area (Å²) in [5.74, 6) is 1.02. The van der Waals surface area contributed by atoms with Crippen molar-refractivity contribution in [1.29, 1.82) is 0 Å². The third-order valence-electron chi connectivity index (χ3n) is 6.50. The molecule has 0 amide bonds. The van der Waals surface area contributed by atoms with Crippen LogP contribution in [-0.2, 0) is 0 Å². The van der Waals surface area contributed by atoms with Crippen molar-refractivity contribution >= 4 is 5.96 Å². The molecular weight excluding hydrogens is 314 g/mol. The number of likely N-dealkylation sites (tertiary alicyclic amines) is 3. The van der Waals surface area contributed by atoms with Gasteiger partial charge >= 0.3 is 0 Å². The minimum Gasteiger partial charge on any atom is -0.393 e.